The van der Waals surface area contributed by atoms with Crippen LogP contribution in [0.2, 0.25) is 0 Å². The van der Waals surface area contributed by atoms with Gasteiger partial charge in [-0.1, -0.05) is 41.5 Å². The van der Waals surface area contributed by atoms with Gasteiger partial charge in [-0.05, 0) is 50.5 Å². The molecule has 0 fully saturated rings. The van der Waals surface area contributed by atoms with Crippen LogP contribution >= 0.6 is 11.8 Å². The molecular weight excluding hydrogens is 330 g/mol. The lowest BCUT2D eigenvalue weighted by molar-refractivity contribution is -0.118. The summed E-state index contributed by atoms with van der Waals surface area (Å²) < 4.78 is 5.75. The Bertz CT molecular complexity index is 708. The standard InChI is InChI=1S/C21H27NO2S/c1-15-10-16(2)12-19(11-15)13-25-14-21(23)22-8-9-24-20-7-5-6-17(3)18(20)4/h5-7,10-12H,8-9,13-14H2,1-4H3,(H,22,23). The molecule has 0 saturated heterocycles. The van der Waals surface area contributed by atoms with Crippen molar-refractivity contribution in [3.63, 3.8) is 0 Å². The average Bonchev–Trinajstić information content (AvgIpc) is 2.54. The van der Waals surface area contributed by atoms with E-state index in [9.17, 15) is 4.79 Å². The Morgan fingerprint density at radius 3 is 2.52 bits per heavy atom. The van der Waals surface area contributed by atoms with Crippen LogP contribution in [0.4, 0.5) is 0 Å². The molecule has 0 aromatic heterocycles. The molecule has 0 aliphatic rings. The molecule has 2 rings (SSSR count). The van der Waals surface area contributed by atoms with Crippen molar-refractivity contribution in [1.29, 1.82) is 0 Å². The zero-order chi connectivity index (χ0) is 18.2. The zero-order valence-electron chi connectivity index (χ0n) is 15.5. The number of hydrogen-bond donors (Lipinski definition) is 1. The van der Waals surface area contributed by atoms with Gasteiger partial charge in [0.1, 0.15) is 12.4 Å². The summed E-state index contributed by atoms with van der Waals surface area (Å²) in [5.41, 5.74) is 6.17. The highest BCUT2D eigenvalue weighted by atomic mass is 32.2. The second-order valence-corrected chi connectivity index (χ2v) is 7.37. The van der Waals surface area contributed by atoms with Crippen LogP contribution in [0.1, 0.15) is 27.8 Å². The molecule has 0 spiro atoms. The molecule has 134 valence electrons. The fourth-order valence-electron chi connectivity index (χ4n) is 2.70. The predicted octanol–water partition coefficient (Wildman–Crippen LogP) is 4.35. The van der Waals surface area contributed by atoms with Crippen molar-refractivity contribution in [1.82, 2.24) is 5.32 Å². The van der Waals surface area contributed by atoms with Gasteiger partial charge in [0.2, 0.25) is 5.91 Å². The first kappa shape index (κ1) is 19.4. The fourth-order valence-corrected chi connectivity index (χ4v) is 3.49. The van der Waals surface area contributed by atoms with Crippen molar-refractivity contribution in [3.05, 3.63) is 64.2 Å². The minimum Gasteiger partial charge on any atom is -0.491 e. The van der Waals surface area contributed by atoms with Crippen molar-refractivity contribution in [3.8, 4) is 5.75 Å². The highest BCUT2D eigenvalue weighted by Gasteiger charge is 2.04. The fraction of sp³-hybridized carbons (Fsp3) is 0.381. The molecule has 0 aliphatic heterocycles. The monoisotopic (exact) mass is 357 g/mol. The van der Waals surface area contributed by atoms with Gasteiger partial charge in [0.25, 0.3) is 0 Å². The number of carbonyl (C=O) groups is 1. The Balaban J connectivity index is 1.65. The number of aryl methyl sites for hydroxylation is 3. The van der Waals surface area contributed by atoms with Gasteiger partial charge in [-0.3, -0.25) is 4.79 Å². The number of carbonyl (C=O) groups excluding carboxylic acids is 1. The van der Waals surface area contributed by atoms with E-state index < -0.39 is 0 Å². The molecule has 0 aliphatic carbocycles. The first-order valence-corrected chi connectivity index (χ1v) is 9.72. The average molecular weight is 358 g/mol. The van der Waals surface area contributed by atoms with Crippen molar-refractivity contribution >= 4 is 17.7 Å². The van der Waals surface area contributed by atoms with Crippen molar-refractivity contribution in [2.24, 2.45) is 0 Å². The first-order valence-electron chi connectivity index (χ1n) is 8.56. The van der Waals surface area contributed by atoms with Crippen LogP contribution in [0.15, 0.2) is 36.4 Å². The maximum absolute atomic E-state index is 11.9. The molecule has 2 aromatic carbocycles. The van der Waals surface area contributed by atoms with E-state index in [1.807, 2.05) is 19.1 Å². The summed E-state index contributed by atoms with van der Waals surface area (Å²) in [4.78, 5) is 11.9. The summed E-state index contributed by atoms with van der Waals surface area (Å²) in [6.45, 7) is 9.32. The van der Waals surface area contributed by atoms with Crippen LogP contribution in [-0.2, 0) is 10.5 Å². The molecular formula is C21H27NO2S. The Hall–Kier alpha value is -1.94. The van der Waals surface area contributed by atoms with Gasteiger partial charge in [0, 0.05) is 5.75 Å². The van der Waals surface area contributed by atoms with Crippen LogP contribution < -0.4 is 10.1 Å². The van der Waals surface area contributed by atoms with Gasteiger partial charge in [-0.25, -0.2) is 0 Å². The molecule has 0 heterocycles. The number of nitrogens with one attached hydrogen (secondary N) is 1. The summed E-state index contributed by atoms with van der Waals surface area (Å²) in [5.74, 6) is 2.27. The molecule has 1 amide bonds. The summed E-state index contributed by atoms with van der Waals surface area (Å²) in [6.07, 6.45) is 0. The van der Waals surface area contributed by atoms with E-state index in [0.29, 0.717) is 18.9 Å². The second kappa shape index (κ2) is 9.52. The molecule has 0 atom stereocenters. The molecule has 0 bridgehead atoms. The smallest absolute Gasteiger partial charge is 0.230 e. The molecule has 1 N–H and O–H groups in total. The summed E-state index contributed by atoms with van der Waals surface area (Å²) in [6, 6.07) is 12.5. The lowest BCUT2D eigenvalue weighted by atomic mass is 10.1. The number of rotatable bonds is 8. The van der Waals surface area contributed by atoms with Gasteiger partial charge in [-0.15, -0.1) is 11.8 Å². The Morgan fingerprint density at radius 1 is 1.08 bits per heavy atom. The molecule has 3 nitrogen and oxygen atoms in total. The van der Waals surface area contributed by atoms with Crippen LogP contribution in [-0.4, -0.2) is 24.8 Å². The van der Waals surface area contributed by atoms with Crippen molar-refractivity contribution < 1.29 is 9.53 Å². The number of amides is 1. The van der Waals surface area contributed by atoms with Gasteiger partial charge < -0.3 is 10.1 Å². The Labute approximate surface area is 155 Å². The molecule has 0 saturated carbocycles. The highest BCUT2D eigenvalue weighted by Crippen LogP contribution is 2.20. The van der Waals surface area contributed by atoms with Gasteiger partial charge in [-0.2, -0.15) is 0 Å². The van der Waals surface area contributed by atoms with Crippen molar-refractivity contribution in [2.75, 3.05) is 18.9 Å². The molecule has 0 radical (unpaired) electrons. The summed E-state index contributed by atoms with van der Waals surface area (Å²) in [5, 5.41) is 2.91. The van der Waals surface area contributed by atoms with E-state index >= 15 is 0 Å². The van der Waals surface area contributed by atoms with E-state index in [2.05, 4.69) is 50.4 Å². The third-order valence-electron chi connectivity index (χ3n) is 4.02. The minimum atomic E-state index is 0.0546. The molecule has 2 aromatic rings. The van der Waals surface area contributed by atoms with Crippen LogP contribution in [0.3, 0.4) is 0 Å². The Kier molecular flexibility index (Phi) is 7.38. The minimum absolute atomic E-state index is 0.0546. The van der Waals surface area contributed by atoms with E-state index in [-0.39, 0.29) is 5.91 Å². The maximum atomic E-state index is 11.9. The summed E-state index contributed by atoms with van der Waals surface area (Å²) in [7, 11) is 0. The van der Waals surface area contributed by atoms with Gasteiger partial charge >= 0.3 is 0 Å². The predicted molar refractivity (Wildman–Crippen MR) is 106 cm³/mol. The van der Waals surface area contributed by atoms with Crippen LogP contribution in [0.25, 0.3) is 0 Å². The third-order valence-corrected chi connectivity index (χ3v) is 5.02. The molecule has 25 heavy (non-hydrogen) atoms. The molecule has 4 heteroatoms. The number of hydrogen-bond acceptors (Lipinski definition) is 3. The number of thioether (sulfide) groups is 1. The SMILES string of the molecule is Cc1cc(C)cc(CSCC(=O)NCCOc2cccc(C)c2C)c1. The quantitative estimate of drug-likeness (QED) is 0.714. The topological polar surface area (TPSA) is 38.3 Å². The number of benzene rings is 2. The van der Waals surface area contributed by atoms with E-state index in [4.69, 9.17) is 4.74 Å². The van der Waals surface area contributed by atoms with E-state index in [0.717, 1.165) is 17.1 Å². The van der Waals surface area contributed by atoms with Gasteiger partial charge in [0.05, 0.1) is 12.3 Å². The normalized spacial score (nSPS) is 10.6. The third kappa shape index (κ3) is 6.46. The molecule has 0 unspecified atom stereocenters. The largest absolute Gasteiger partial charge is 0.491 e. The lowest BCUT2D eigenvalue weighted by Crippen LogP contribution is -2.29. The van der Waals surface area contributed by atoms with Crippen LogP contribution in [0, 0.1) is 27.7 Å². The van der Waals surface area contributed by atoms with Crippen molar-refractivity contribution in [2.45, 2.75) is 33.4 Å². The Morgan fingerprint density at radius 2 is 1.80 bits per heavy atom. The van der Waals surface area contributed by atoms with E-state index in [1.165, 1.54) is 22.3 Å². The van der Waals surface area contributed by atoms with Crippen LogP contribution in [0.5, 0.6) is 5.75 Å². The first-order chi connectivity index (χ1) is 12.0. The van der Waals surface area contributed by atoms with Gasteiger partial charge in [0.15, 0.2) is 0 Å². The highest BCUT2D eigenvalue weighted by molar-refractivity contribution is 7.99. The van der Waals surface area contributed by atoms with E-state index in [1.54, 1.807) is 11.8 Å². The maximum Gasteiger partial charge on any atom is 0.230 e. The lowest BCUT2D eigenvalue weighted by Gasteiger charge is -2.11. The second-order valence-electron chi connectivity index (χ2n) is 6.39. The number of ether oxygens (including phenoxy) is 1. The zero-order valence-corrected chi connectivity index (χ0v) is 16.3. The summed E-state index contributed by atoms with van der Waals surface area (Å²) >= 11 is 1.64.